The van der Waals surface area contributed by atoms with E-state index in [2.05, 4.69) is 41.4 Å². The minimum Gasteiger partial charge on any atom is -0.459 e. The normalized spacial score (nSPS) is 11.2. The molecule has 2 heterocycles. The van der Waals surface area contributed by atoms with Gasteiger partial charge in [-0.1, -0.05) is 32.9 Å². The Bertz CT molecular complexity index is 866. The number of rotatable bonds is 5. The standard InChI is InChI=1S/C20H22N4O2/c1-20(2,3)19-21-11-10-17(24-19)22-13-14-6-8-15(9-7-14)23-18(25)16-5-4-12-26-16/h4-12H,13H2,1-3H3,(H,23,25)(H,21,22,24). The van der Waals surface area contributed by atoms with Crippen molar-refractivity contribution >= 4 is 17.4 Å². The summed E-state index contributed by atoms with van der Waals surface area (Å²) in [6.45, 7) is 6.89. The van der Waals surface area contributed by atoms with Crippen molar-refractivity contribution in [3.63, 3.8) is 0 Å². The molecular formula is C20H22N4O2. The fourth-order valence-corrected chi connectivity index (χ4v) is 2.32. The second-order valence-electron chi connectivity index (χ2n) is 7.00. The van der Waals surface area contributed by atoms with E-state index in [1.54, 1.807) is 18.3 Å². The molecule has 134 valence electrons. The van der Waals surface area contributed by atoms with Gasteiger partial charge in [-0.2, -0.15) is 0 Å². The van der Waals surface area contributed by atoms with E-state index in [0.717, 1.165) is 17.2 Å². The van der Waals surface area contributed by atoms with Crippen molar-refractivity contribution in [3.8, 4) is 0 Å². The first kappa shape index (κ1) is 17.7. The summed E-state index contributed by atoms with van der Waals surface area (Å²) in [7, 11) is 0. The zero-order valence-corrected chi connectivity index (χ0v) is 15.1. The lowest BCUT2D eigenvalue weighted by atomic mass is 9.96. The van der Waals surface area contributed by atoms with Crippen LogP contribution in [0.5, 0.6) is 0 Å². The average molecular weight is 350 g/mol. The second-order valence-corrected chi connectivity index (χ2v) is 7.00. The van der Waals surface area contributed by atoms with Crippen molar-refractivity contribution in [3.05, 3.63) is 72.1 Å². The number of carbonyl (C=O) groups excluding carboxylic acids is 1. The van der Waals surface area contributed by atoms with Gasteiger partial charge >= 0.3 is 0 Å². The summed E-state index contributed by atoms with van der Waals surface area (Å²) in [6.07, 6.45) is 3.24. The number of amides is 1. The third-order valence-electron chi connectivity index (χ3n) is 3.76. The van der Waals surface area contributed by atoms with Crippen molar-refractivity contribution in [2.24, 2.45) is 0 Å². The average Bonchev–Trinajstić information content (AvgIpc) is 3.15. The molecule has 0 spiro atoms. The lowest BCUT2D eigenvalue weighted by Crippen LogP contribution is -2.16. The maximum atomic E-state index is 12.0. The Balaban J connectivity index is 1.59. The minimum absolute atomic E-state index is 0.0917. The van der Waals surface area contributed by atoms with Crippen LogP contribution in [-0.4, -0.2) is 15.9 Å². The van der Waals surface area contributed by atoms with Crippen LogP contribution in [0.15, 0.2) is 59.3 Å². The van der Waals surface area contributed by atoms with Gasteiger partial charge in [0.25, 0.3) is 5.91 Å². The van der Waals surface area contributed by atoms with E-state index in [4.69, 9.17) is 4.42 Å². The van der Waals surface area contributed by atoms with Crippen molar-refractivity contribution in [1.29, 1.82) is 0 Å². The highest BCUT2D eigenvalue weighted by Gasteiger charge is 2.17. The number of anilines is 2. The number of benzene rings is 1. The molecule has 2 aromatic heterocycles. The Morgan fingerprint density at radius 3 is 2.54 bits per heavy atom. The first-order valence-electron chi connectivity index (χ1n) is 8.43. The van der Waals surface area contributed by atoms with E-state index in [1.165, 1.54) is 6.26 Å². The maximum absolute atomic E-state index is 12.0. The largest absolute Gasteiger partial charge is 0.459 e. The van der Waals surface area contributed by atoms with E-state index in [9.17, 15) is 4.79 Å². The van der Waals surface area contributed by atoms with Crippen LogP contribution in [0, 0.1) is 0 Å². The number of aromatic nitrogens is 2. The Kier molecular flexibility index (Phi) is 5.02. The summed E-state index contributed by atoms with van der Waals surface area (Å²) in [4.78, 5) is 20.8. The minimum atomic E-state index is -0.267. The number of furan rings is 1. The van der Waals surface area contributed by atoms with Gasteiger partial charge in [0.05, 0.1) is 6.26 Å². The van der Waals surface area contributed by atoms with Gasteiger partial charge in [0, 0.05) is 23.8 Å². The zero-order chi connectivity index (χ0) is 18.6. The first-order valence-corrected chi connectivity index (χ1v) is 8.43. The Morgan fingerprint density at radius 1 is 1.12 bits per heavy atom. The molecule has 0 fully saturated rings. The number of nitrogens with one attached hydrogen (secondary N) is 2. The Labute approximate surface area is 152 Å². The molecule has 1 amide bonds. The predicted molar refractivity (Wildman–Crippen MR) is 101 cm³/mol. The molecule has 26 heavy (non-hydrogen) atoms. The number of nitrogens with zero attached hydrogens (tertiary/aromatic N) is 2. The molecule has 0 aliphatic rings. The summed E-state index contributed by atoms with van der Waals surface area (Å²) in [5, 5.41) is 6.10. The lowest BCUT2D eigenvalue weighted by Gasteiger charge is -2.17. The molecule has 0 atom stereocenters. The van der Waals surface area contributed by atoms with Crippen LogP contribution in [0.4, 0.5) is 11.5 Å². The maximum Gasteiger partial charge on any atom is 0.291 e. The van der Waals surface area contributed by atoms with Crippen LogP contribution in [0.25, 0.3) is 0 Å². The molecule has 6 nitrogen and oxygen atoms in total. The van der Waals surface area contributed by atoms with Gasteiger partial charge in [0.1, 0.15) is 11.6 Å². The lowest BCUT2D eigenvalue weighted by molar-refractivity contribution is 0.0996. The first-order chi connectivity index (χ1) is 12.4. The molecule has 1 aromatic carbocycles. The van der Waals surface area contributed by atoms with Crippen LogP contribution in [0.1, 0.15) is 42.7 Å². The number of hydrogen-bond acceptors (Lipinski definition) is 5. The van der Waals surface area contributed by atoms with Crippen molar-refractivity contribution < 1.29 is 9.21 Å². The Morgan fingerprint density at radius 2 is 1.88 bits per heavy atom. The van der Waals surface area contributed by atoms with Gasteiger partial charge in [-0.15, -0.1) is 0 Å². The molecule has 0 unspecified atom stereocenters. The predicted octanol–water partition coefficient (Wildman–Crippen LogP) is 4.23. The van der Waals surface area contributed by atoms with Crippen LogP contribution >= 0.6 is 0 Å². The second kappa shape index (κ2) is 7.39. The molecule has 6 heteroatoms. The van der Waals surface area contributed by atoms with Gasteiger partial charge < -0.3 is 15.1 Å². The van der Waals surface area contributed by atoms with Gasteiger partial charge in [-0.25, -0.2) is 9.97 Å². The molecule has 0 saturated carbocycles. The molecule has 0 bridgehead atoms. The van der Waals surface area contributed by atoms with E-state index in [1.807, 2.05) is 30.3 Å². The van der Waals surface area contributed by atoms with Crippen molar-refractivity contribution in [1.82, 2.24) is 9.97 Å². The van der Waals surface area contributed by atoms with Crippen LogP contribution < -0.4 is 10.6 Å². The van der Waals surface area contributed by atoms with E-state index >= 15 is 0 Å². The molecular weight excluding hydrogens is 328 g/mol. The summed E-state index contributed by atoms with van der Waals surface area (Å²) in [6, 6.07) is 12.8. The summed E-state index contributed by atoms with van der Waals surface area (Å²) >= 11 is 0. The Hall–Kier alpha value is -3.15. The quantitative estimate of drug-likeness (QED) is 0.720. The van der Waals surface area contributed by atoms with Gasteiger partial charge in [-0.3, -0.25) is 4.79 Å². The highest BCUT2D eigenvalue weighted by molar-refractivity contribution is 6.02. The van der Waals surface area contributed by atoms with Crippen LogP contribution in [0.3, 0.4) is 0 Å². The highest BCUT2D eigenvalue weighted by atomic mass is 16.3. The topological polar surface area (TPSA) is 80.0 Å². The van der Waals surface area contributed by atoms with Gasteiger partial charge in [-0.05, 0) is 35.9 Å². The SMILES string of the molecule is CC(C)(C)c1nccc(NCc2ccc(NC(=O)c3ccco3)cc2)n1. The highest BCUT2D eigenvalue weighted by Crippen LogP contribution is 2.19. The van der Waals surface area contributed by atoms with Gasteiger partial charge in [0.15, 0.2) is 5.76 Å². The van der Waals surface area contributed by atoms with E-state index < -0.39 is 0 Å². The fourth-order valence-electron chi connectivity index (χ4n) is 2.32. The number of carbonyl (C=O) groups is 1. The molecule has 0 aliphatic carbocycles. The van der Waals surface area contributed by atoms with E-state index in [-0.39, 0.29) is 17.1 Å². The smallest absolute Gasteiger partial charge is 0.291 e. The summed E-state index contributed by atoms with van der Waals surface area (Å²) in [5.41, 5.74) is 1.70. The molecule has 2 N–H and O–H groups in total. The number of hydrogen-bond donors (Lipinski definition) is 2. The third-order valence-corrected chi connectivity index (χ3v) is 3.76. The zero-order valence-electron chi connectivity index (χ0n) is 15.1. The third kappa shape index (κ3) is 4.47. The molecule has 0 saturated heterocycles. The van der Waals surface area contributed by atoms with Gasteiger partial charge in [0.2, 0.25) is 0 Å². The summed E-state index contributed by atoms with van der Waals surface area (Å²) in [5.74, 6) is 1.62. The molecule has 3 aromatic rings. The van der Waals surface area contributed by atoms with Crippen molar-refractivity contribution in [2.45, 2.75) is 32.7 Å². The molecule has 3 rings (SSSR count). The van der Waals surface area contributed by atoms with E-state index in [0.29, 0.717) is 12.2 Å². The fraction of sp³-hybridized carbons (Fsp3) is 0.250. The molecule has 0 aliphatic heterocycles. The van der Waals surface area contributed by atoms with Crippen LogP contribution in [0.2, 0.25) is 0 Å². The summed E-state index contributed by atoms with van der Waals surface area (Å²) < 4.78 is 5.08. The van der Waals surface area contributed by atoms with Crippen molar-refractivity contribution in [2.75, 3.05) is 10.6 Å². The monoisotopic (exact) mass is 350 g/mol. The molecule has 0 radical (unpaired) electrons. The van der Waals surface area contributed by atoms with Crippen LogP contribution in [-0.2, 0) is 12.0 Å².